The second-order valence-electron chi connectivity index (χ2n) is 1.99. The number of aliphatic hydroxyl groups excluding tert-OH is 1. The number of carboxylic acids is 1. The van der Waals surface area contributed by atoms with E-state index in [0.29, 0.717) is 11.5 Å². The molecular formula is C7H14O5S2. The zero-order chi connectivity index (χ0) is 11.4. The van der Waals surface area contributed by atoms with Gasteiger partial charge in [-0.2, -0.15) is 25.3 Å². The minimum Gasteiger partial charge on any atom is -0.481 e. The number of carbonyl (C=O) groups is 2. The normalized spacial score (nSPS) is 8.50. The first-order chi connectivity index (χ1) is 6.58. The van der Waals surface area contributed by atoms with Gasteiger partial charge in [0, 0.05) is 11.5 Å². The molecule has 0 aliphatic carbocycles. The Bertz CT molecular complexity index is 154. The molecule has 0 aromatic rings. The molecule has 0 aliphatic rings. The van der Waals surface area contributed by atoms with Gasteiger partial charge in [0.15, 0.2) is 6.79 Å². The highest BCUT2D eigenvalue weighted by Crippen LogP contribution is 1.86. The minimum atomic E-state index is -0.787. The molecule has 0 saturated carbocycles. The summed E-state index contributed by atoms with van der Waals surface area (Å²) >= 11 is 7.45. The molecule has 0 spiro atoms. The van der Waals surface area contributed by atoms with Crippen LogP contribution in [0.25, 0.3) is 0 Å². The third kappa shape index (κ3) is 17.6. The van der Waals surface area contributed by atoms with Gasteiger partial charge < -0.3 is 14.9 Å². The zero-order valence-corrected chi connectivity index (χ0v) is 9.34. The third-order valence-electron chi connectivity index (χ3n) is 0.867. The van der Waals surface area contributed by atoms with Crippen molar-refractivity contribution < 1.29 is 24.5 Å². The molecule has 14 heavy (non-hydrogen) atoms. The van der Waals surface area contributed by atoms with Crippen molar-refractivity contribution in [3.8, 4) is 0 Å². The van der Waals surface area contributed by atoms with Gasteiger partial charge in [-0.25, -0.2) is 0 Å². The van der Waals surface area contributed by atoms with Crippen molar-refractivity contribution >= 4 is 37.2 Å². The third-order valence-corrected chi connectivity index (χ3v) is 1.31. The fourth-order valence-corrected chi connectivity index (χ4v) is 0.705. The molecule has 0 bridgehead atoms. The number of thiol groups is 2. The van der Waals surface area contributed by atoms with E-state index in [1.807, 2.05) is 0 Å². The summed E-state index contributed by atoms with van der Waals surface area (Å²) in [5.74, 6) is -0.318. The summed E-state index contributed by atoms with van der Waals surface area (Å²) in [4.78, 5) is 19.8. The van der Waals surface area contributed by atoms with E-state index in [4.69, 9.17) is 10.2 Å². The lowest BCUT2D eigenvalue weighted by Gasteiger charge is -1.95. The quantitative estimate of drug-likeness (QED) is 0.314. The number of aliphatic hydroxyl groups is 1. The molecule has 0 amide bonds. The van der Waals surface area contributed by atoms with Gasteiger partial charge in [0.1, 0.15) is 0 Å². The van der Waals surface area contributed by atoms with Gasteiger partial charge in [-0.1, -0.05) is 0 Å². The lowest BCUT2D eigenvalue weighted by atomic mass is 10.5. The predicted molar refractivity (Wildman–Crippen MR) is 57.8 cm³/mol. The Morgan fingerprint density at radius 3 is 1.86 bits per heavy atom. The molecule has 0 aromatic heterocycles. The molecule has 0 rings (SSSR count). The van der Waals surface area contributed by atoms with Gasteiger partial charge in [0.25, 0.3) is 0 Å². The summed E-state index contributed by atoms with van der Waals surface area (Å²) in [5, 5.41) is 15.9. The molecule has 5 nitrogen and oxygen atoms in total. The average molecular weight is 242 g/mol. The van der Waals surface area contributed by atoms with Crippen molar-refractivity contribution in [3.05, 3.63) is 0 Å². The molecule has 2 N–H and O–H groups in total. The Hall–Kier alpha value is -0.400. The number of hydrogen-bond acceptors (Lipinski definition) is 6. The lowest BCUT2D eigenvalue weighted by Crippen LogP contribution is -2.04. The monoisotopic (exact) mass is 242 g/mol. The molecule has 7 heteroatoms. The average Bonchev–Trinajstić information content (AvgIpc) is 2.05. The summed E-state index contributed by atoms with van der Waals surface area (Å²) in [7, 11) is 0. The first-order valence-corrected chi connectivity index (χ1v) is 5.05. The van der Waals surface area contributed by atoms with Crippen molar-refractivity contribution in [2.75, 3.05) is 18.3 Å². The molecular weight excluding hydrogens is 228 g/mol. The summed E-state index contributed by atoms with van der Waals surface area (Å²) in [6.07, 6.45) is 0.410. The number of ether oxygens (including phenoxy) is 1. The van der Waals surface area contributed by atoms with Gasteiger partial charge in [0.2, 0.25) is 0 Å². The Kier molecular flexibility index (Phi) is 14.4. The van der Waals surface area contributed by atoms with Crippen LogP contribution in [0.2, 0.25) is 0 Å². The summed E-state index contributed by atoms with van der Waals surface area (Å²) in [5.41, 5.74) is 0. The van der Waals surface area contributed by atoms with Crippen LogP contribution in [-0.2, 0) is 14.3 Å². The summed E-state index contributed by atoms with van der Waals surface area (Å²) in [6, 6.07) is 0. The van der Waals surface area contributed by atoms with E-state index in [2.05, 4.69) is 30.0 Å². The van der Waals surface area contributed by atoms with E-state index in [1.54, 1.807) is 0 Å². The molecule has 0 heterocycles. The Morgan fingerprint density at radius 2 is 1.64 bits per heavy atom. The SMILES string of the molecule is O=C(CCS)OCO.O=C(O)CCS. The smallest absolute Gasteiger partial charge is 0.308 e. The van der Waals surface area contributed by atoms with Crippen LogP contribution in [0.3, 0.4) is 0 Å². The van der Waals surface area contributed by atoms with Gasteiger partial charge in [-0.05, 0) is 0 Å². The Balaban J connectivity index is 0. The lowest BCUT2D eigenvalue weighted by molar-refractivity contribution is -0.151. The highest BCUT2D eigenvalue weighted by Gasteiger charge is 1.96. The first kappa shape index (κ1) is 16.0. The molecule has 0 atom stereocenters. The van der Waals surface area contributed by atoms with E-state index in [9.17, 15) is 9.59 Å². The van der Waals surface area contributed by atoms with Gasteiger partial charge >= 0.3 is 11.9 Å². The van der Waals surface area contributed by atoms with Crippen molar-refractivity contribution in [1.29, 1.82) is 0 Å². The number of hydrogen-bond donors (Lipinski definition) is 4. The van der Waals surface area contributed by atoms with Gasteiger partial charge in [-0.15, -0.1) is 0 Å². The van der Waals surface area contributed by atoms with Gasteiger partial charge in [0.05, 0.1) is 12.8 Å². The second kappa shape index (κ2) is 12.6. The molecule has 0 unspecified atom stereocenters. The maximum absolute atomic E-state index is 10.2. The molecule has 0 aromatic carbocycles. The minimum absolute atomic E-state index is 0.156. The van der Waals surface area contributed by atoms with Crippen LogP contribution in [0.5, 0.6) is 0 Å². The highest BCUT2D eigenvalue weighted by molar-refractivity contribution is 7.80. The van der Waals surface area contributed by atoms with Crippen LogP contribution in [0.1, 0.15) is 12.8 Å². The van der Waals surface area contributed by atoms with Crippen LogP contribution >= 0.6 is 25.3 Å². The van der Waals surface area contributed by atoms with Crippen LogP contribution < -0.4 is 0 Å². The van der Waals surface area contributed by atoms with Crippen LogP contribution in [0.4, 0.5) is 0 Å². The number of esters is 1. The standard InChI is InChI=1S/C4H8O3S.C3H6O2S/c5-3-7-4(6)1-2-8;4-3(5)1-2-6/h5,8H,1-3H2;6H,1-2H2,(H,4,5). The molecule has 0 saturated heterocycles. The summed E-state index contributed by atoms with van der Waals surface area (Å²) < 4.78 is 4.15. The zero-order valence-electron chi connectivity index (χ0n) is 7.55. The molecule has 0 fully saturated rings. The highest BCUT2D eigenvalue weighted by atomic mass is 32.1. The van der Waals surface area contributed by atoms with Crippen LogP contribution in [0, 0.1) is 0 Å². The first-order valence-electron chi connectivity index (χ1n) is 3.78. The number of rotatable bonds is 5. The van der Waals surface area contributed by atoms with Crippen molar-refractivity contribution in [2.45, 2.75) is 12.8 Å². The topological polar surface area (TPSA) is 83.8 Å². The van der Waals surface area contributed by atoms with E-state index >= 15 is 0 Å². The van der Waals surface area contributed by atoms with E-state index in [1.165, 1.54) is 0 Å². The fraction of sp³-hybridized carbons (Fsp3) is 0.714. The Morgan fingerprint density at radius 1 is 1.14 bits per heavy atom. The van der Waals surface area contributed by atoms with Crippen molar-refractivity contribution in [3.63, 3.8) is 0 Å². The van der Waals surface area contributed by atoms with Crippen LogP contribution in [0.15, 0.2) is 0 Å². The summed E-state index contributed by atoms with van der Waals surface area (Å²) in [6.45, 7) is -0.535. The predicted octanol–water partition coefficient (Wildman–Crippen LogP) is 0.190. The van der Waals surface area contributed by atoms with Crippen molar-refractivity contribution in [1.82, 2.24) is 0 Å². The fourth-order valence-electron chi connectivity index (χ4n) is 0.331. The second-order valence-corrected chi connectivity index (χ2v) is 2.88. The largest absolute Gasteiger partial charge is 0.481 e. The maximum atomic E-state index is 10.2. The molecule has 84 valence electrons. The Labute approximate surface area is 93.3 Å². The molecule has 0 aliphatic heterocycles. The van der Waals surface area contributed by atoms with Crippen LogP contribution in [-0.4, -0.2) is 40.5 Å². The number of carboxylic acid groups (broad SMARTS) is 1. The van der Waals surface area contributed by atoms with E-state index in [-0.39, 0.29) is 12.8 Å². The number of aliphatic carboxylic acids is 1. The van der Waals surface area contributed by atoms with Crippen molar-refractivity contribution in [2.24, 2.45) is 0 Å². The van der Waals surface area contributed by atoms with E-state index in [0.717, 1.165) is 0 Å². The number of carbonyl (C=O) groups excluding carboxylic acids is 1. The maximum Gasteiger partial charge on any atom is 0.308 e. The van der Waals surface area contributed by atoms with E-state index < -0.39 is 18.7 Å². The van der Waals surface area contributed by atoms with Gasteiger partial charge in [-0.3, -0.25) is 9.59 Å². The molecule has 0 radical (unpaired) electrons.